The Balaban J connectivity index is 1.47. The average molecular weight is 340 g/mol. The van der Waals surface area contributed by atoms with E-state index in [1.807, 2.05) is 18.2 Å². The molecule has 0 saturated heterocycles. The van der Waals surface area contributed by atoms with E-state index >= 15 is 0 Å². The van der Waals surface area contributed by atoms with E-state index in [4.69, 9.17) is 5.73 Å². The molecule has 0 bridgehead atoms. The number of nitrogen functional groups attached to an aromatic ring is 1. The van der Waals surface area contributed by atoms with Crippen LogP contribution in [0, 0.1) is 11.8 Å². The number of carbonyl (C=O) groups excluding carboxylic acids is 1. The molecule has 25 heavy (non-hydrogen) atoms. The summed E-state index contributed by atoms with van der Waals surface area (Å²) < 4.78 is 1.59. The van der Waals surface area contributed by atoms with Crippen molar-refractivity contribution in [3.63, 3.8) is 0 Å². The maximum absolute atomic E-state index is 11.4. The third kappa shape index (κ3) is 2.84. The summed E-state index contributed by atoms with van der Waals surface area (Å²) in [6.45, 7) is 0. The number of hydrogen-bond donors (Lipinski definition) is 2. The molecule has 0 spiro atoms. The minimum atomic E-state index is -0.661. The van der Waals surface area contributed by atoms with Crippen molar-refractivity contribution in [3.05, 3.63) is 41.3 Å². The number of nitrogens with two attached hydrogens (primary N) is 1. The van der Waals surface area contributed by atoms with E-state index in [-0.39, 0.29) is 5.92 Å². The summed E-state index contributed by atoms with van der Waals surface area (Å²) in [4.78, 5) is 15.7. The van der Waals surface area contributed by atoms with Gasteiger partial charge >= 0.3 is 0 Å². The highest BCUT2D eigenvalue weighted by Gasteiger charge is 2.49. The second-order valence-corrected chi connectivity index (χ2v) is 7.74. The van der Waals surface area contributed by atoms with Gasteiger partial charge < -0.3 is 10.8 Å². The predicted molar refractivity (Wildman–Crippen MR) is 94.1 cm³/mol. The molecule has 0 amide bonds. The van der Waals surface area contributed by atoms with Crippen molar-refractivity contribution in [2.24, 2.45) is 18.9 Å². The third-order valence-corrected chi connectivity index (χ3v) is 6.02. The van der Waals surface area contributed by atoms with Gasteiger partial charge in [0, 0.05) is 31.3 Å². The van der Waals surface area contributed by atoms with E-state index in [9.17, 15) is 9.90 Å². The Kier molecular flexibility index (Phi) is 3.87. The number of fused-ring (bicyclic) bond motifs is 1. The van der Waals surface area contributed by atoms with Crippen LogP contribution in [0.1, 0.15) is 53.3 Å². The molecule has 2 aromatic rings. The topological polar surface area (TPSA) is 94.0 Å². The minimum Gasteiger partial charge on any atom is -0.389 e. The summed E-state index contributed by atoms with van der Waals surface area (Å²) in [6, 6.07) is 5.83. The zero-order valence-corrected chi connectivity index (χ0v) is 14.4. The predicted octanol–water partition coefficient (Wildman–Crippen LogP) is 2.09. The second kappa shape index (κ2) is 5.95. The number of aryl methyl sites for hydroxylation is 1. The van der Waals surface area contributed by atoms with Gasteiger partial charge in [-0.25, -0.2) is 0 Å². The van der Waals surface area contributed by atoms with Crippen molar-refractivity contribution in [2.75, 3.05) is 5.73 Å². The Morgan fingerprint density at radius 1 is 1.36 bits per heavy atom. The van der Waals surface area contributed by atoms with E-state index < -0.39 is 5.60 Å². The molecule has 2 fully saturated rings. The smallest absolute Gasteiger partial charge is 0.155 e. The average Bonchev–Trinajstić information content (AvgIpc) is 3.18. The standard InChI is InChI=1S/C19H24N4O2/c1-23-18(20)16(11-24)17(22-23)12-6-13-8-19(25,9-14(13)7-12)10-15-4-2-3-5-21-15/h2-5,11-14,25H,6-10,20H2,1H3. The molecule has 2 saturated carbocycles. The van der Waals surface area contributed by atoms with Crippen LogP contribution in [0.5, 0.6) is 0 Å². The van der Waals surface area contributed by atoms with E-state index in [2.05, 4.69) is 10.1 Å². The molecule has 6 heteroatoms. The lowest BCUT2D eigenvalue weighted by Crippen LogP contribution is -2.29. The number of carbonyl (C=O) groups is 1. The van der Waals surface area contributed by atoms with Gasteiger partial charge in [-0.15, -0.1) is 0 Å². The molecule has 6 nitrogen and oxygen atoms in total. The Morgan fingerprint density at radius 2 is 2.08 bits per heavy atom. The van der Waals surface area contributed by atoms with E-state index in [1.165, 1.54) is 0 Å². The van der Waals surface area contributed by atoms with Gasteiger partial charge in [-0.3, -0.25) is 14.5 Å². The SMILES string of the molecule is Cn1nc(C2CC3CC(O)(Cc4ccccn4)CC3C2)c(C=O)c1N. The van der Waals surface area contributed by atoms with E-state index in [1.54, 1.807) is 17.9 Å². The number of aromatic nitrogens is 3. The normalized spacial score (nSPS) is 31.2. The number of hydrogen-bond acceptors (Lipinski definition) is 5. The maximum Gasteiger partial charge on any atom is 0.155 e. The highest BCUT2D eigenvalue weighted by Crippen LogP contribution is 2.54. The molecule has 0 aliphatic heterocycles. The quantitative estimate of drug-likeness (QED) is 0.831. The molecule has 0 aromatic carbocycles. The largest absolute Gasteiger partial charge is 0.389 e. The van der Waals surface area contributed by atoms with Gasteiger partial charge in [0.05, 0.1) is 16.9 Å². The van der Waals surface area contributed by atoms with Crippen LogP contribution in [0.15, 0.2) is 24.4 Å². The summed E-state index contributed by atoms with van der Waals surface area (Å²) in [5.74, 6) is 1.65. The Morgan fingerprint density at radius 3 is 2.68 bits per heavy atom. The Hall–Kier alpha value is -2.21. The highest BCUT2D eigenvalue weighted by atomic mass is 16.3. The van der Waals surface area contributed by atoms with Crippen molar-refractivity contribution < 1.29 is 9.90 Å². The number of rotatable bonds is 4. The fraction of sp³-hybridized carbons (Fsp3) is 0.526. The summed E-state index contributed by atoms with van der Waals surface area (Å²) in [5.41, 5.74) is 7.60. The van der Waals surface area contributed by atoms with Gasteiger partial charge in [0.15, 0.2) is 6.29 Å². The molecule has 2 atom stereocenters. The fourth-order valence-corrected chi connectivity index (χ4v) is 4.98. The van der Waals surface area contributed by atoms with Crippen LogP contribution in [0.3, 0.4) is 0 Å². The zero-order chi connectivity index (χ0) is 17.6. The van der Waals surface area contributed by atoms with Gasteiger partial charge in [-0.1, -0.05) is 6.07 Å². The Bertz CT molecular complexity index is 772. The summed E-state index contributed by atoms with van der Waals surface area (Å²) >= 11 is 0. The first-order valence-electron chi connectivity index (χ1n) is 8.89. The number of aliphatic hydroxyl groups is 1. The van der Waals surface area contributed by atoms with Gasteiger partial charge in [-0.05, 0) is 49.7 Å². The summed E-state index contributed by atoms with van der Waals surface area (Å²) in [5, 5.41) is 15.5. The number of nitrogens with zero attached hydrogens (tertiary/aromatic N) is 3. The first-order valence-corrected chi connectivity index (χ1v) is 8.89. The van der Waals surface area contributed by atoms with Crippen molar-refractivity contribution >= 4 is 12.1 Å². The van der Waals surface area contributed by atoms with E-state index in [0.717, 1.165) is 43.4 Å². The highest BCUT2D eigenvalue weighted by molar-refractivity contribution is 5.83. The molecule has 3 N–H and O–H groups in total. The lowest BCUT2D eigenvalue weighted by atomic mass is 9.89. The molecular formula is C19H24N4O2. The van der Waals surface area contributed by atoms with Crippen LogP contribution in [0.25, 0.3) is 0 Å². The van der Waals surface area contributed by atoms with E-state index in [0.29, 0.717) is 29.6 Å². The van der Waals surface area contributed by atoms with Gasteiger partial charge in [0.1, 0.15) is 5.82 Å². The monoisotopic (exact) mass is 340 g/mol. The molecule has 2 aromatic heterocycles. The lowest BCUT2D eigenvalue weighted by Gasteiger charge is -2.24. The summed E-state index contributed by atoms with van der Waals surface area (Å²) in [7, 11) is 1.77. The zero-order valence-electron chi connectivity index (χ0n) is 14.4. The van der Waals surface area contributed by atoms with Crippen LogP contribution in [-0.4, -0.2) is 31.8 Å². The molecule has 2 heterocycles. The van der Waals surface area contributed by atoms with Crippen LogP contribution in [-0.2, 0) is 13.5 Å². The molecule has 2 aliphatic carbocycles. The minimum absolute atomic E-state index is 0.262. The first kappa shape index (κ1) is 16.3. The van der Waals surface area contributed by atoms with Gasteiger partial charge in [0.2, 0.25) is 0 Å². The maximum atomic E-state index is 11.4. The number of pyridine rings is 1. The molecule has 4 rings (SSSR count). The second-order valence-electron chi connectivity index (χ2n) is 7.74. The van der Waals surface area contributed by atoms with Crippen molar-refractivity contribution in [1.29, 1.82) is 0 Å². The molecule has 0 radical (unpaired) electrons. The molecular weight excluding hydrogens is 316 g/mol. The third-order valence-electron chi connectivity index (χ3n) is 6.02. The van der Waals surface area contributed by atoms with Gasteiger partial charge in [-0.2, -0.15) is 5.10 Å². The van der Waals surface area contributed by atoms with Crippen LogP contribution < -0.4 is 5.73 Å². The van der Waals surface area contributed by atoms with Crippen molar-refractivity contribution in [1.82, 2.24) is 14.8 Å². The molecule has 2 aliphatic rings. The first-order chi connectivity index (χ1) is 12.0. The van der Waals surface area contributed by atoms with Crippen LogP contribution >= 0.6 is 0 Å². The fourth-order valence-electron chi connectivity index (χ4n) is 4.98. The number of anilines is 1. The molecule has 2 unspecified atom stereocenters. The van der Waals surface area contributed by atoms with Crippen molar-refractivity contribution in [3.8, 4) is 0 Å². The van der Waals surface area contributed by atoms with Crippen LogP contribution in [0.2, 0.25) is 0 Å². The number of aldehydes is 1. The summed E-state index contributed by atoms with van der Waals surface area (Å²) in [6.07, 6.45) is 6.73. The van der Waals surface area contributed by atoms with Crippen LogP contribution in [0.4, 0.5) is 5.82 Å². The molecule has 132 valence electrons. The lowest BCUT2D eigenvalue weighted by molar-refractivity contribution is 0.0376. The Labute approximate surface area is 147 Å². The van der Waals surface area contributed by atoms with Gasteiger partial charge in [0.25, 0.3) is 0 Å². The van der Waals surface area contributed by atoms with Crippen molar-refractivity contribution in [2.45, 2.75) is 43.6 Å².